The summed E-state index contributed by atoms with van der Waals surface area (Å²) < 4.78 is 10.8. The lowest BCUT2D eigenvalue weighted by Gasteiger charge is -2.32. The van der Waals surface area contributed by atoms with Gasteiger partial charge in [-0.05, 0) is 64.5 Å². The zero-order chi connectivity index (χ0) is 20.6. The van der Waals surface area contributed by atoms with E-state index in [1.165, 1.54) is 5.56 Å². The molecular formula is C22H34N2O4. The maximum atomic E-state index is 12.4. The second-order valence-corrected chi connectivity index (χ2v) is 8.30. The lowest BCUT2D eigenvalue weighted by Crippen LogP contribution is -2.45. The van der Waals surface area contributed by atoms with Gasteiger partial charge in [-0.1, -0.05) is 18.2 Å². The first-order valence-corrected chi connectivity index (χ1v) is 10.2. The van der Waals surface area contributed by atoms with Crippen molar-refractivity contribution in [3.05, 3.63) is 29.8 Å². The third-order valence-electron chi connectivity index (χ3n) is 4.88. The van der Waals surface area contributed by atoms with E-state index in [1.54, 1.807) is 12.0 Å². The van der Waals surface area contributed by atoms with Gasteiger partial charge in [-0.15, -0.1) is 0 Å². The van der Waals surface area contributed by atoms with E-state index in [4.69, 9.17) is 9.47 Å². The summed E-state index contributed by atoms with van der Waals surface area (Å²) in [7, 11) is 1.69. The molecule has 1 aliphatic heterocycles. The molecule has 1 fully saturated rings. The predicted molar refractivity (Wildman–Crippen MR) is 109 cm³/mol. The van der Waals surface area contributed by atoms with Crippen molar-refractivity contribution in [3.63, 3.8) is 0 Å². The molecule has 2 amide bonds. The Morgan fingerprint density at radius 1 is 1.14 bits per heavy atom. The monoisotopic (exact) mass is 390 g/mol. The number of hydrogen-bond acceptors (Lipinski definition) is 4. The van der Waals surface area contributed by atoms with Gasteiger partial charge in [-0.2, -0.15) is 0 Å². The van der Waals surface area contributed by atoms with E-state index in [0.717, 1.165) is 25.0 Å². The molecule has 0 aromatic heterocycles. The highest BCUT2D eigenvalue weighted by Gasteiger charge is 2.29. The lowest BCUT2D eigenvalue weighted by atomic mass is 9.96. The highest BCUT2D eigenvalue weighted by Crippen LogP contribution is 2.21. The molecule has 0 atom stereocenters. The van der Waals surface area contributed by atoms with Gasteiger partial charge in [0.1, 0.15) is 11.4 Å². The first-order valence-electron chi connectivity index (χ1n) is 10.2. The van der Waals surface area contributed by atoms with Crippen molar-refractivity contribution in [3.8, 4) is 5.75 Å². The summed E-state index contributed by atoms with van der Waals surface area (Å²) >= 11 is 0. The Kier molecular flexibility index (Phi) is 8.15. The van der Waals surface area contributed by atoms with Crippen molar-refractivity contribution >= 4 is 12.0 Å². The smallest absolute Gasteiger partial charge is 0.410 e. The van der Waals surface area contributed by atoms with Gasteiger partial charge in [-0.25, -0.2) is 4.79 Å². The molecule has 1 heterocycles. The highest BCUT2D eigenvalue weighted by molar-refractivity contribution is 5.79. The number of carbonyl (C=O) groups is 2. The molecule has 28 heavy (non-hydrogen) atoms. The molecule has 0 bridgehead atoms. The fraction of sp³-hybridized carbons (Fsp3) is 0.636. The number of para-hydroxylation sites is 1. The Morgan fingerprint density at radius 2 is 1.82 bits per heavy atom. The third kappa shape index (κ3) is 7.06. The van der Waals surface area contributed by atoms with Crippen LogP contribution in [-0.2, 0) is 16.0 Å². The van der Waals surface area contributed by atoms with Crippen LogP contribution in [0, 0.1) is 5.92 Å². The minimum Gasteiger partial charge on any atom is -0.496 e. The van der Waals surface area contributed by atoms with Crippen LogP contribution in [0.2, 0.25) is 0 Å². The predicted octanol–water partition coefficient (Wildman–Crippen LogP) is 3.78. The second-order valence-electron chi connectivity index (χ2n) is 8.30. The normalized spacial score (nSPS) is 15.2. The molecule has 1 N–H and O–H groups in total. The number of piperidine rings is 1. The molecule has 6 heteroatoms. The maximum Gasteiger partial charge on any atom is 0.410 e. The molecule has 156 valence electrons. The zero-order valence-electron chi connectivity index (χ0n) is 17.6. The summed E-state index contributed by atoms with van der Waals surface area (Å²) in [6.45, 7) is 7.40. The summed E-state index contributed by atoms with van der Waals surface area (Å²) in [5.74, 6) is 0.998. The van der Waals surface area contributed by atoms with Crippen molar-refractivity contribution < 1.29 is 19.1 Å². The van der Waals surface area contributed by atoms with E-state index in [-0.39, 0.29) is 17.9 Å². The van der Waals surface area contributed by atoms with E-state index in [0.29, 0.717) is 32.5 Å². The van der Waals surface area contributed by atoms with Gasteiger partial charge in [0.15, 0.2) is 0 Å². The molecule has 1 aromatic carbocycles. The Balaban J connectivity index is 1.63. The molecule has 0 aliphatic carbocycles. The lowest BCUT2D eigenvalue weighted by molar-refractivity contribution is -0.126. The molecule has 6 nitrogen and oxygen atoms in total. The van der Waals surface area contributed by atoms with Crippen LogP contribution in [0.25, 0.3) is 0 Å². The molecule has 1 aliphatic rings. The standard InChI is InChI=1S/C22H34N2O4/c1-22(2,3)28-21(26)24-15-12-18(13-16-24)20(25)23-14-8-7-10-17-9-5-6-11-19(17)27-4/h5-6,9,11,18H,7-8,10,12-16H2,1-4H3,(H,23,25). The molecule has 0 spiro atoms. The minimum absolute atomic E-state index is 0.0205. The number of benzene rings is 1. The minimum atomic E-state index is -0.491. The number of hydrogen-bond donors (Lipinski definition) is 1. The van der Waals surface area contributed by atoms with Gasteiger partial charge in [-0.3, -0.25) is 4.79 Å². The second kappa shape index (κ2) is 10.3. The number of rotatable bonds is 7. The number of aryl methyl sites for hydroxylation is 1. The summed E-state index contributed by atoms with van der Waals surface area (Å²) in [4.78, 5) is 26.2. The number of amides is 2. The fourth-order valence-electron chi connectivity index (χ4n) is 3.36. The van der Waals surface area contributed by atoms with Crippen molar-refractivity contribution in [1.29, 1.82) is 0 Å². The summed E-state index contributed by atoms with van der Waals surface area (Å²) in [5.41, 5.74) is 0.709. The van der Waals surface area contributed by atoms with E-state index in [1.807, 2.05) is 39.0 Å². The van der Waals surface area contributed by atoms with Crippen LogP contribution >= 0.6 is 0 Å². The number of nitrogens with one attached hydrogen (secondary N) is 1. The molecule has 0 saturated carbocycles. The largest absolute Gasteiger partial charge is 0.496 e. The van der Waals surface area contributed by atoms with Crippen LogP contribution in [0.4, 0.5) is 4.79 Å². The quantitative estimate of drug-likeness (QED) is 0.720. The van der Waals surface area contributed by atoms with Gasteiger partial charge in [0, 0.05) is 25.6 Å². The van der Waals surface area contributed by atoms with Gasteiger partial charge < -0.3 is 19.7 Å². The molecule has 0 unspecified atom stereocenters. The number of methoxy groups -OCH3 is 1. The van der Waals surface area contributed by atoms with Crippen molar-refractivity contribution in [1.82, 2.24) is 10.2 Å². The SMILES string of the molecule is COc1ccccc1CCCCNC(=O)C1CCN(C(=O)OC(C)(C)C)CC1. The van der Waals surface area contributed by atoms with Crippen LogP contribution < -0.4 is 10.1 Å². The average molecular weight is 391 g/mol. The van der Waals surface area contributed by atoms with Gasteiger partial charge >= 0.3 is 6.09 Å². The van der Waals surface area contributed by atoms with E-state index < -0.39 is 5.60 Å². The average Bonchev–Trinajstić information content (AvgIpc) is 2.66. The van der Waals surface area contributed by atoms with Crippen LogP contribution in [0.5, 0.6) is 5.75 Å². The number of unbranched alkanes of at least 4 members (excludes halogenated alkanes) is 1. The van der Waals surface area contributed by atoms with E-state index in [2.05, 4.69) is 11.4 Å². The van der Waals surface area contributed by atoms with Gasteiger partial charge in [0.25, 0.3) is 0 Å². The Labute approximate surface area is 168 Å². The fourth-order valence-corrected chi connectivity index (χ4v) is 3.36. The van der Waals surface area contributed by atoms with Crippen LogP contribution in [0.3, 0.4) is 0 Å². The van der Waals surface area contributed by atoms with Crippen LogP contribution in [0.1, 0.15) is 52.0 Å². The Bertz CT molecular complexity index is 646. The van der Waals surface area contributed by atoms with Crippen molar-refractivity contribution in [2.45, 2.75) is 58.5 Å². The zero-order valence-corrected chi connectivity index (χ0v) is 17.6. The van der Waals surface area contributed by atoms with Gasteiger partial charge in [0.05, 0.1) is 7.11 Å². The number of carbonyl (C=O) groups excluding carboxylic acids is 2. The van der Waals surface area contributed by atoms with Crippen LogP contribution in [-0.4, -0.2) is 49.2 Å². The van der Waals surface area contributed by atoms with E-state index in [9.17, 15) is 9.59 Å². The van der Waals surface area contributed by atoms with Crippen molar-refractivity contribution in [2.24, 2.45) is 5.92 Å². The molecule has 1 saturated heterocycles. The number of nitrogens with zero attached hydrogens (tertiary/aromatic N) is 1. The summed E-state index contributed by atoms with van der Waals surface area (Å²) in [6, 6.07) is 8.04. The third-order valence-corrected chi connectivity index (χ3v) is 4.88. The first kappa shape index (κ1) is 22.1. The summed E-state index contributed by atoms with van der Waals surface area (Å²) in [5, 5.41) is 3.04. The van der Waals surface area contributed by atoms with E-state index >= 15 is 0 Å². The van der Waals surface area contributed by atoms with Gasteiger partial charge in [0.2, 0.25) is 5.91 Å². The Hall–Kier alpha value is -2.24. The topological polar surface area (TPSA) is 67.9 Å². The molecular weight excluding hydrogens is 356 g/mol. The number of likely N-dealkylation sites (tertiary alicyclic amines) is 1. The van der Waals surface area contributed by atoms with Crippen LogP contribution in [0.15, 0.2) is 24.3 Å². The number of ether oxygens (including phenoxy) is 2. The Morgan fingerprint density at radius 3 is 2.46 bits per heavy atom. The van der Waals surface area contributed by atoms with Crippen molar-refractivity contribution in [2.75, 3.05) is 26.7 Å². The molecule has 1 aromatic rings. The molecule has 0 radical (unpaired) electrons. The first-order chi connectivity index (χ1) is 13.3. The molecule has 2 rings (SSSR count). The summed E-state index contributed by atoms with van der Waals surface area (Å²) in [6.07, 6.45) is 3.95. The maximum absolute atomic E-state index is 12.4. The highest BCUT2D eigenvalue weighted by atomic mass is 16.6.